The molecule has 4 heterocycles. The Balaban J connectivity index is 1.83. The minimum absolute atomic E-state index is 0.0448. The predicted molar refractivity (Wildman–Crippen MR) is 91.0 cm³/mol. The van der Waals surface area contributed by atoms with E-state index in [9.17, 15) is 4.79 Å². The second-order valence-corrected chi connectivity index (χ2v) is 6.93. The van der Waals surface area contributed by atoms with Gasteiger partial charge in [0, 0.05) is 4.88 Å². The smallest absolute Gasteiger partial charge is 0.256 e. The van der Waals surface area contributed by atoms with Crippen molar-refractivity contribution in [2.45, 2.75) is 40.3 Å². The highest BCUT2D eigenvalue weighted by atomic mass is 32.1. The molecule has 0 radical (unpaired) electrons. The molecule has 4 rings (SSSR count). The maximum Gasteiger partial charge on any atom is 0.256 e. The molecule has 0 spiro atoms. The molecular formula is C16H17N5OS. The van der Waals surface area contributed by atoms with Crippen LogP contribution in [-0.4, -0.2) is 19.9 Å². The number of aromatic nitrogens is 4. The molecule has 7 heteroatoms. The molecule has 0 aliphatic carbocycles. The molecule has 0 bridgehead atoms. The first-order chi connectivity index (χ1) is 11.0. The van der Waals surface area contributed by atoms with E-state index in [1.165, 1.54) is 4.88 Å². The lowest BCUT2D eigenvalue weighted by Crippen LogP contribution is -2.19. The van der Waals surface area contributed by atoms with Crippen LogP contribution in [0.2, 0.25) is 0 Å². The summed E-state index contributed by atoms with van der Waals surface area (Å²) in [5.74, 6) is 2.31. The molecule has 118 valence electrons. The highest BCUT2D eigenvalue weighted by Gasteiger charge is 2.26. The van der Waals surface area contributed by atoms with Gasteiger partial charge in [-0.05, 0) is 26.3 Å². The molecule has 23 heavy (non-hydrogen) atoms. The van der Waals surface area contributed by atoms with Crippen LogP contribution in [-0.2, 0) is 19.5 Å². The number of anilines is 1. The summed E-state index contributed by atoms with van der Waals surface area (Å²) in [5.41, 5.74) is 1.55. The summed E-state index contributed by atoms with van der Waals surface area (Å²) >= 11 is 1.71. The molecule has 0 saturated carbocycles. The summed E-state index contributed by atoms with van der Waals surface area (Å²) < 4.78 is 0. The van der Waals surface area contributed by atoms with Gasteiger partial charge >= 0.3 is 0 Å². The number of thiophene rings is 1. The normalized spacial score (nSPS) is 13.8. The molecule has 0 amide bonds. The number of hydrogen-bond donors (Lipinski definition) is 1. The van der Waals surface area contributed by atoms with Crippen molar-refractivity contribution in [1.82, 2.24) is 19.9 Å². The summed E-state index contributed by atoms with van der Waals surface area (Å²) in [6.07, 6.45) is 0.986. The van der Waals surface area contributed by atoms with Gasteiger partial charge in [-0.15, -0.1) is 11.3 Å². The van der Waals surface area contributed by atoms with Crippen LogP contribution in [0.3, 0.4) is 0 Å². The third-order valence-corrected chi connectivity index (χ3v) is 5.27. The average Bonchev–Trinajstić information content (AvgIpc) is 3.09. The summed E-state index contributed by atoms with van der Waals surface area (Å²) in [4.78, 5) is 33.0. The van der Waals surface area contributed by atoms with Crippen LogP contribution in [0.5, 0.6) is 0 Å². The Labute approximate surface area is 137 Å². The van der Waals surface area contributed by atoms with Gasteiger partial charge in [0.05, 0.1) is 29.7 Å². The van der Waals surface area contributed by atoms with E-state index >= 15 is 0 Å². The molecule has 0 saturated heterocycles. The summed E-state index contributed by atoms with van der Waals surface area (Å²) in [5, 5.41) is 1.07. The molecule has 0 fully saturated rings. The van der Waals surface area contributed by atoms with Gasteiger partial charge in [0.2, 0.25) is 0 Å². The van der Waals surface area contributed by atoms with E-state index in [4.69, 9.17) is 0 Å². The van der Waals surface area contributed by atoms with E-state index < -0.39 is 0 Å². The number of aryl methyl sites for hydroxylation is 3. The number of aromatic amines is 1. The number of H-pyrrole nitrogens is 1. The second-order valence-electron chi connectivity index (χ2n) is 5.81. The average molecular weight is 327 g/mol. The summed E-state index contributed by atoms with van der Waals surface area (Å²) in [7, 11) is 0. The van der Waals surface area contributed by atoms with Crippen molar-refractivity contribution in [3.63, 3.8) is 0 Å². The fourth-order valence-corrected chi connectivity index (χ4v) is 4.02. The van der Waals surface area contributed by atoms with Gasteiger partial charge in [-0.2, -0.15) is 0 Å². The molecule has 0 atom stereocenters. The van der Waals surface area contributed by atoms with E-state index in [0.717, 1.165) is 39.5 Å². The Morgan fingerprint density at radius 1 is 1.26 bits per heavy atom. The lowest BCUT2D eigenvalue weighted by atomic mass is 10.3. The Kier molecular flexibility index (Phi) is 3.19. The quantitative estimate of drug-likeness (QED) is 0.782. The predicted octanol–water partition coefficient (Wildman–Crippen LogP) is 2.47. The van der Waals surface area contributed by atoms with E-state index in [1.54, 1.807) is 11.3 Å². The Morgan fingerprint density at radius 3 is 2.87 bits per heavy atom. The largest absolute Gasteiger partial charge is 0.345 e. The molecule has 3 aromatic heterocycles. The minimum Gasteiger partial charge on any atom is -0.345 e. The zero-order valence-electron chi connectivity index (χ0n) is 13.3. The SMILES string of the molecule is CCc1cc2c(N3Cc4nc(C)[nH]c(=O)c4C3)nc(C)nc2s1. The summed E-state index contributed by atoms with van der Waals surface area (Å²) in [6, 6.07) is 2.17. The van der Waals surface area contributed by atoms with Gasteiger partial charge in [0.15, 0.2) is 0 Å². The second kappa shape index (κ2) is 5.13. The number of nitrogens with one attached hydrogen (secondary N) is 1. The molecular weight excluding hydrogens is 310 g/mol. The molecule has 0 unspecified atom stereocenters. The lowest BCUT2D eigenvalue weighted by molar-refractivity contribution is 0.843. The number of fused-ring (bicyclic) bond motifs is 2. The maximum atomic E-state index is 12.1. The summed E-state index contributed by atoms with van der Waals surface area (Å²) in [6.45, 7) is 7.02. The van der Waals surface area contributed by atoms with E-state index in [0.29, 0.717) is 18.9 Å². The van der Waals surface area contributed by atoms with Crippen molar-refractivity contribution < 1.29 is 0 Å². The lowest BCUT2D eigenvalue weighted by Gasteiger charge is -2.17. The number of rotatable bonds is 2. The van der Waals surface area contributed by atoms with Crippen molar-refractivity contribution in [2.24, 2.45) is 0 Å². The van der Waals surface area contributed by atoms with Crippen molar-refractivity contribution in [3.8, 4) is 0 Å². The highest BCUT2D eigenvalue weighted by molar-refractivity contribution is 7.18. The molecule has 1 aliphatic heterocycles. The van der Waals surface area contributed by atoms with Gasteiger partial charge in [0.25, 0.3) is 5.56 Å². The van der Waals surface area contributed by atoms with Gasteiger partial charge in [-0.1, -0.05) is 6.92 Å². The van der Waals surface area contributed by atoms with Gasteiger partial charge in [-0.25, -0.2) is 15.0 Å². The fraction of sp³-hybridized carbons (Fsp3) is 0.375. The van der Waals surface area contributed by atoms with Gasteiger partial charge in [0.1, 0.15) is 22.3 Å². The topological polar surface area (TPSA) is 74.8 Å². The van der Waals surface area contributed by atoms with Crippen LogP contribution in [0.25, 0.3) is 10.2 Å². The standard InChI is InChI=1S/C16H17N5OS/c1-4-10-5-11-14(18-9(3)20-16(11)23-10)21-6-12-13(7-21)17-8(2)19-15(12)22/h5H,4,6-7H2,1-3H3,(H,17,19,22). The number of hydrogen-bond acceptors (Lipinski definition) is 6. The first-order valence-corrected chi connectivity index (χ1v) is 8.47. The van der Waals surface area contributed by atoms with Crippen LogP contribution < -0.4 is 10.5 Å². The van der Waals surface area contributed by atoms with Crippen LogP contribution in [0.1, 0.15) is 34.7 Å². The van der Waals surface area contributed by atoms with Crippen LogP contribution >= 0.6 is 11.3 Å². The number of nitrogens with zero attached hydrogens (tertiary/aromatic N) is 4. The third kappa shape index (κ3) is 2.31. The van der Waals surface area contributed by atoms with Crippen LogP contribution in [0.4, 0.5) is 5.82 Å². The molecule has 6 nitrogen and oxygen atoms in total. The first kappa shape index (κ1) is 14.3. The molecule has 0 aromatic carbocycles. The van der Waals surface area contributed by atoms with Gasteiger partial charge < -0.3 is 9.88 Å². The minimum atomic E-state index is -0.0448. The molecule has 1 N–H and O–H groups in total. The zero-order chi connectivity index (χ0) is 16.1. The van der Waals surface area contributed by atoms with Crippen molar-refractivity contribution in [1.29, 1.82) is 0 Å². The zero-order valence-corrected chi connectivity index (χ0v) is 14.1. The Morgan fingerprint density at radius 2 is 2.09 bits per heavy atom. The first-order valence-electron chi connectivity index (χ1n) is 7.66. The monoisotopic (exact) mass is 327 g/mol. The Bertz CT molecular complexity index is 974. The van der Waals surface area contributed by atoms with Crippen molar-refractivity contribution in [2.75, 3.05) is 4.90 Å². The van der Waals surface area contributed by atoms with Crippen LogP contribution in [0.15, 0.2) is 10.9 Å². The van der Waals surface area contributed by atoms with Crippen molar-refractivity contribution in [3.05, 3.63) is 44.2 Å². The molecule has 3 aromatic rings. The highest BCUT2D eigenvalue weighted by Crippen LogP contribution is 2.34. The Hall–Kier alpha value is -2.28. The van der Waals surface area contributed by atoms with E-state index in [-0.39, 0.29) is 5.56 Å². The maximum absolute atomic E-state index is 12.1. The van der Waals surface area contributed by atoms with Crippen molar-refractivity contribution >= 4 is 27.4 Å². The van der Waals surface area contributed by atoms with Crippen LogP contribution in [0, 0.1) is 13.8 Å². The van der Waals surface area contributed by atoms with E-state index in [2.05, 4.69) is 37.8 Å². The molecule has 1 aliphatic rings. The van der Waals surface area contributed by atoms with Gasteiger partial charge in [-0.3, -0.25) is 4.79 Å². The van der Waals surface area contributed by atoms with E-state index in [1.807, 2.05) is 13.8 Å². The third-order valence-electron chi connectivity index (χ3n) is 4.09. The fourth-order valence-electron chi connectivity index (χ4n) is 3.02.